The molecule has 17 aromatic rings. The van der Waals surface area contributed by atoms with Crippen LogP contribution in [0.1, 0.15) is 0 Å². The molecule has 0 fully saturated rings. The normalized spacial score (nSPS) is 12.4. The summed E-state index contributed by atoms with van der Waals surface area (Å²) in [4.78, 5) is 0. The summed E-state index contributed by atoms with van der Waals surface area (Å²) in [6.45, 7) is 0. The van der Waals surface area contributed by atoms with Crippen molar-refractivity contribution in [1.82, 2.24) is 0 Å². The summed E-state index contributed by atoms with van der Waals surface area (Å²) in [5.41, 5.74) is -5.66. The number of hydrogen-bond acceptors (Lipinski definition) is 11. The summed E-state index contributed by atoms with van der Waals surface area (Å²) >= 11 is 5.39. The number of alkyl halides is 6. The van der Waals surface area contributed by atoms with E-state index in [4.69, 9.17) is 0 Å². The van der Waals surface area contributed by atoms with Crippen LogP contribution in [-0.4, -0.2) is 45.0 Å². The molecule has 0 spiro atoms. The van der Waals surface area contributed by atoms with Gasteiger partial charge >= 0.3 is 38.4 Å². The number of thiophene rings is 3. The van der Waals surface area contributed by atoms with E-state index >= 15 is 0 Å². The summed E-state index contributed by atoms with van der Waals surface area (Å²) in [6.07, 6.45) is 0. The van der Waals surface area contributed by atoms with Gasteiger partial charge in [-0.3, -0.25) is 0 Å². The molecule has 2 N–H and O–H groups in total. The molecule has 0 atom stereocenters. The molecule has 20 heteroatoms. The molecule has 0 saturated carbocycles. The van der Waals surface area contributed by atoms with Crippen LogP contribution in [0.4, 0.5) is 26.3 Å². The number of fused-ring (bicyclic) bond motifs is 21. The van der Waals surface area contributed by atoms with Crippen molar-refractivity contribution in [2.24, 2.45) is 0 Å². The Labute approximate surface area is 543 Å². The second-order valence-corrected chi connectivity index (χ2v) is 28.5. The van der Waals surface area contributed by atoms with E-state index in [0.717, 1.165) is 34.4 Å². The Morgan fingerprint density at radius 3 is 0.947 bits per heavy atom. The minimum Gasteiger partial charge on any atom is -0.423 e. The monoisotopic (exact) mass is 1340 g/mol. The summed E-state index contributed by atoms with van der Waals surface area (Å²) < 4.78 is 138. The van der Waals surface area contributed by atoms with Crippen molar-refractivity contribution in [3.8, 4) is 33.8 Å². The van der Waals surface area contributed by atoms with Crippen LogP contribution in [0.15, 0.2) is 249 Å². The molecule has 0 saturated heterocycles. The molecule has 0 aliphatic carbocycles. The topological polar surface area (TPSA) is 127 Å². The quantitative estimate of drug-likeness (QED) is 0.0531. The lowest BCUT2D eigenvalue weighted by atomic mass is 9.80. The van der Waals surface area contributed by atoms with Gasteiger partial charge in [0.2, 0.25) is 0 Å². The van der Waals surface area contributed by atoms with Crippen LogP contribution in [0.5, 0.6) is 11.5 Å². The Kier molecular flexibility index (Phi) is 14.9. The minimum absolute atomic E-state index is 0.0819. The highest BCUT2D eigenvalue weighted by atomic mass is 32.2. The van der Waals surface area contributed by atoms with Gasteiger partial charge in [-0.2, -0.15) is 43.2 Å². The molecule has 0 aliphatic heterocycles. The fourth-order valence-electron chi connectivity index (χ4n) is 12.6. The van der Waals surface area contributed by atoms with Gasteiger partial charge in [0.05, 0.1) is 0 Å². The average molecular weight is 1350 g/mol. The van der Waals surface area contributed by atoms with E-state index in [1.165, 1.54) is 117 Å². The number of rotatable bonds is 7. The van der Waals surface area contributed by atoms with Gasteiger partial charge in [-0.15, -0.1) is 34.0 Å². The first kappa shape index (κ1) is 60.6. The minimum atomic E-state index is -5.99. The Hall–Kier alpha value is -9.64. The van der Waals surface area contributed by atoms with Crippen molar-refractivity contribution in [3.05, 3.63) is 249 Å². The molecule has 0 aliphatic rings. The van der Waals surface area contributed by atoms with Crippen molar-refractivity contribution in [3.63, 3.8) is 0 Å². The summed E-state index contributed by atoms with van der Waals surface area (Å²) in [5.74, 6) is -1.42. The van der Waals surface area contributed by atoms with Crippen LogP contribution >= 0.6 is 34.0 Å². The Bertz CT molecular complexity index is 5890. The molecule has 17 rings (SSSR count). The molecule has 0 radical (unpaired) electrons. The fraction of sp³-hybridized carbons (Fsp3) is 0.0270. The molecule has 462 valence electrons. The van der Waals surface area contributed by atoms with Gasteiger partial charge in [0.1, 0.15) is 11.5 Å². The molecule has 0 amide bonds. The second-order valence-electron chi connectivity index (χ2n) is 22.2. The maximum absolute atomic E-state index is 12.7. The summed E-state index contributed by atoms with van der Waals surface area (Å²) in [5, 5.41) is 36.2. The van der Waals surface area contributed by atoms with Gasteiger partial charge in [-0.1, -0.05) is 182 Å². The van der Waals surface area contributed by atoms with Gasteiger partial charge in [0.25, 0.3) is 0 Å². The first-order chi connectivity index (χ1) is 45.2. The standard InChI is InChI=1S/C42H24S2.C20H10F6O6S2.C12H9BO2S/c1-2-10-30-29(9-1)31-21-19-25(27-13-7-15-35-33-11-3-5-17-39(33)43-41(27)35)23-37(31)38-24-26(20-22-32(30)38)28-14-8-16-36-34-12-4-6-18-40(34)44-42(28)36;21-19(22,23)33(27,28)31-11-5-7-15-13-3-1-2-4-14(13)16-8-6-12(10-18(16)17(15)9-11)32-34(29,30)20(24,25)26;14-13(15)10-6-3-5-9-8-4-1-2-7-11(8)16-12(9)10/h1-24H;1-10H;1-7,14-15H. The lowest BCUT2D eigenvalue weighted by Gasteiger charge is -2.14. The van der Waals surface area contributed by atoms with E-state index in [0.29, 0.717) is 27.0 Å². The Balaban J connectivity index is 0.000000129. The van der Waals surface area contributed by atoms with Crippen LogP contribution in [-0.2, 0) is 20.2 Å². The molecule has 0 unspecified atom stereocenters. The third-order valence-corrected chi connectivity index (χ3v) is 22.4. The van der Waals surface area contributed by atoms with Crippen molar-refractivity contribution >= 4 is 192 Å². The maximum atomic E-state index is 12.7. The van der Waals surface area contributed by atoms with E-state index in [9.17, 15) is 53.2 Å². The molecule has 3 heterocycles. The molecular weight excluding hydrogens is 1300 g/mol. The van der Waals surface area contributed by atoms with Crippen LogP contribution in [0.25, 0.3) is 147 Å². The number of halogens is 6. The van der Waals surface area contributed by atoms with Crippen molar-refractivity contribution in [1.29, 1.82) is 0 Å². The van der Waals surface area contributed by atoms with Gasteiger partial charge in [0, 0.05) is 55.1 Å². The third kappa shape index (κ3) is 10.5. The Morgan fingerprint density at radius 1 is 0.298 bits per heavy atom. The van der Waals surface area contributed by atoms with E-state index < -0.39 is 49.9 Å². The largest absolute Gasteiger partial charge is 0.534 e. The highest BCUT2D eigenvalue weighted by molar-refractivity contribution is 7.88. The highest BCUT2D eigenvalue weighted by Gasteiger charge is 2.49. The Morgan fingerprint density at radius 2 is 0.585 bits per heavy atom. The van der Waals surface area contributed by atoms with Gasteiger partial charge in [-0.25, -0.2) is 0 Å². The molecule has 8 nitrogen and oxygen atoms in total. The smallest absolute Gasteiger partial charge is 0.423 e. The predicted octanol–water partition coefficient (Wildman–Crippen LogP) is 20.6. The van der Waals surface area contributed by atoms with Crippen molar-refractivity contribution < 1.29 is 61.6 Å². The molecule has 14 aromatic carbocycles. The highest BCUT2D eigenvalue weighted by Crippen LogP contribution is 2.46. The molecule has 0 bridgehead atoms. The zero-order valence-corrected chi connectivity index (χ0v) is 52.5. The fourth-order valence-corrected chi connectivity index (χ4v) is 17.2. The number of hydrogen-bond donors (Lipinski definition) is 2. The van der Waals surface area contributed by atoms with E-state index in [1.54, 1.807) is 41.7 Å². The van der Waals surface area contributed by atoms with Crippen molar-refractivity contribution in [2.75, 3.05) is 0 Å². The van der Waals surface area contributed by atoms with Gasteiger partial charge < -0.3 is 18.4 Å². The average Bonchev–Trinajstić information content (AvgIpc) is 1.10. The predicted molar refractivity (Wildman–Crippen MR) is 375 cm³/mol. The maximum Gasteiger partial charge on any atom is 0.534 e. The lowest BCUT2D eigenvalue weighted by Crippen LogP contribution is -2.29. The number of benzene rings is 14. The molecule has 3 aromatic heterocycles. The summed E-state index contributed by atoms with van der Waals surface area (Å²) in [6, 6.07) is 81.0. The van der Waals surface area contributed by atoms with Crippen LogP contribution in [0, 0.1) is 0 Å². The molecular formula is C74H43BF6O8S5. The first-order valence-corrected chi connectivity index (χ1v) is 34.3. The zero-order valence-electron chi connectivity index (χ0n) is 48.4. The van der Waals surface area contributed by atoms with Gasteiger partial charge in [0.15, 0.2) is 0 Å². The van der Waals surface area contributed by atoms with E-state index in [2.05, 4.69) is 160 Å². The molecule has 94 heavy (non-hydrogen) atoms. The van der Waals surface area contributed by atoms with Crippen LogP contribution < -0.4 is 13.8 Å². The van der Waals surface area contributed by atoms with E-state index in [1.807, 2.05) is 53.0 Å². The van der Waals surface area contributed by atoms with Crippen molar-refractivity contribution in [2.45, 2.75) is 11.0 Å². The summed E-state index contributed by atoms with van der Waals surface area (Å²) in [7, 11) is -13.4. The third-order valence-electron chi connectivity index (χ3n) is 16.7. The first-order valence-electron chi connectivity index (χ1n) is 29.1. The second kappa shape index (κ2) is 23.1. The van der Waals surface area contributed by atoms with Crippen LogP contribution in [0.3, 0.4) is 0 Å². The zero-order chi connectivity index (χ0) is 65.0. The SMILES string of the molecule is O=S(=O)(Oc1ccc2c3ccccc3c3ccc(OS(=O)(=O)C(F)(F)F)cc3c2c1)C(F)(F)F.OB(O)c1cccc2c1sc1ccccc12.c1ccc2c(c1)sc1c(-c3ccc4c5ccccc5c5ccc(-c6cccc7c6sc6ccccc67)cc5c4c3)cccc12. The van der Waals surface area contributed by atoms with E-state index in [-0.39, 0.29) is 10.8 Å². The lowest BCUT2D eigenvalue weighted by molar-refractivity contribution is -0.0504. The van der Waals surface area contributed by atoms with Gasteiger partial charge in [-0.05, 0) is 164 Å². The van der Waals surface area contributed by atoms with Crippen LogP contribution in [0.2, 0.25) is 0 Å².